The molecule has 23 heavy (non-hydrogen) atoms. The van der Waals surface area contributed by atoms with Gasteiger partial charge in [-0.1, -0.05) is 24.1 Å². The standard InChI is InChI=1S/C15H22ClN3O3S/c16-12-4-2-6-14(10-12)23(21,22)19-8-7-18-15(20)11-3-1-5-13(17)9-11/h2,4,6,10-11,13,19H,1,3,5,7-9,17H2,(H,18,20). The Morgan fingerprint density at radius 3 is 2.78 bits per heavy atom. The number of carbonyl (C=O) groups excluding carboxylic acids is 1. The Balaban J connectivity index is 1.77. The molecule has 4 N–H and O–H groups in total. The van der Waals surface area contributed by atoms with Crippen molar-refractivity contribution in [1.29, 1.82) is 0 Å². The van der Waals surface area contributed by atoms with E-state index in [0.717, 1.165) is 19.3 Å². The lowest BCUT2D eigenvalue weighted by Crippen LogP contribution is -2.40. The highest BCUT2D eigenvalue weighted by atomic mass is 35.5. The molecule has 1 aromatic rings. The summed E-state index contributed by atoms with van der Waals surface area (Å²) in [5.74, 6) is -0.120. The second-order valence-corrected chi connectivity index (χ2v) is 7.97. The van der Waals surface area contributed by atoms with E-state index in [-0.39, 0.29) is 35.9 Å². The summed E-state index contributed by atoms with van der Waals surface area (Å²) in [4.78, 5) is 12.1. The lowest BCUT2D eigenvalue weighted by molar-refractivity contribution is -0.126. The molecule has 1 fully saturated rings. The zero-order chi connectivity index (χ0) is 16.9. The van der Waals surface area contributed by atoms with E-state index < -0.39 is 10.0 Å². The Bertz CT molecular complexity index is 651. The molecule has 128 valence electrons. The van der Waals surface area contributed by atoms with Crippen LogP contribution >= 0.6 is 11.6 Å². The molecule has 0 aliphatic heterocycles. The van der Waals surface area contributed by atoms with Crippen LogP contribution in [0.1, 0.15) is 25.7 Å². The maximum atomic E-state index is 12.1. The summed E-state index contributed by atoms with van der Waals surface area (Å²) in [5.41, 5.74) is 5.87. The number of hydrogen-bond donors (Lipinski definition) is 3. The molecule has 1 aliphatic carbocycles. The fraction of sp³-hybridized carbons (Fsp3) is 0.533. The molecule has 6 nitrogen and oxygen atoms in total. The van der Waals surface area contributed by atoms with Gasteiger partial charge in [-0.25, -0.2) is 13.1 Å². The van der Waals surface area contributed by atoms with Gasteiger partial charge in [-0.2, -0.15) is 0 Å². The summed E-state index contributed by atoms with van der Waals surface area (Å²) >= 11 is 5.79. The van der Waals surface area contributed by atoms with Gasteiger partial charge < -0.3 is 11.1 Å². The minimum absolute atomic E-state index is 0.0536. The number of rotatable bonds is 6. The maximum Gasteiger partial charge on any atom is 0.240 e. The molecule has 0 bridgehead atoms. The van der Waals surface area contributed by atoms with E-state index in [1.54, 1.807) is 12.1 Å². The summed E-state index contributed by atoms with van der Waals surface area (Å²) in [7, 11) is -3.62. The molecule has 0 saturated heterocycles. The third kappa shape index (κ3) is 5.46. The fourth-order valence-electron chi connectivity index (χ4n) is 2.70. The van der Waals surface area contributed by atoms with Crippen LogP contribution in [0.15, 0.2) is 29.2 Å². The van der Waals surface area contributed by atoms with Crippen LogP contribution in [0.25, 0.3) is 0 Å². The smallest absolute Gasteiger partial charge is 0.240 e. The molecule has 1 amide bonds. The highest BCUT2D eigenvalue weighted by Crippen LogP contribution is 2.23. The van der Waals surface area contributed by atoms with Crippen molar-refractivity contribution in [1.82, 2.24) is 10.0 Å². The number of nitrogens with one attached hydrogen (secondary N) is 2. The van der Waals surface area contributed by atoms with Gasteiger partial charge in [-0.3, -0.25) is 4.79 Å². The van der Waals surface area contributed by atoms with Crippen LogP contribution in [0.4, 0.5) is 0 Å². The minimum Gasteiger partial charge on any atom is -0.355 e. The van der Waals surface area contributed by atoms with Crippen LogP contribution in [0.2, 0.25) is 5.02 Å². The molecule has 1 saturated carbocycles. The van der Waals surface area contributed by atoms with Crippen molar-refractivity contribution in [2.45, 2.75) is 36.6 Å². The summed E-state index contributed by atoms with van der Waals surface area (Å²) < 4.78 is 26.6. The highest BCUT2D eigenvalue weighted by Gasteiger charge is 2.25. The molecular weight excluding hydrogens is 338 g/mol. The zero-order valence-corrected chi connectivity index (χ0v) is 14.4. The van der Waals surface area contributed by atoms with E-state index in [2.05, 4.69) is 10.0 Å². The van der Waals surface area contributed by atoms with Crippen LogP contribution in [0.3, 0.4) is 0 Å². The SMILES string of the molecule is NC1CCCC(C(=O)NCCNS(=O)(=O)c2cccc(Cl)c2)C1. The topological polar surface area (TPSA) is 101 Å². The minimum atomic E-state index is -3.62. The molecule has 0 radical (unpaired) electrons. The lowest BCUT2D eigenvalue weighted by Gasteiger charge is -2.25. The monoisotopic (exact) mass is 359 g/mol. The maximum absolute atomic E-state index is 12.1. The molecule has 0 heterocycles. The average molecular weight is 360 g/mol. The summed E-state index contributed by atoms with van der Waals surface area (Å²) in [6, 6.07) is 6.11. The summed E-state index contributed by atoms with van der Waals surface area (Å²) in [6.07, 6.45) is 3.46. The van der Waals surface area contributed by atoms with Crippen LogP contribution in [0.5, 0.6) is 0 Å². The largest absolute Gasteiger partial charge is 0.355 e. The molecule has 8 heteroatoms. The van der Waals surface area contributed by atoms with Gasteiger partial charge in [-0.05, 0) is 37.5 Å². The molecule has 0 aromatic heterocycles. The van der Waals surface area contributed by atoms with Gasteiger partial charge in [0.2, 0.25) is 15.9 Å². The van der Waals surface area contributed by atoms with Gasteiger partial charge >= 0.3 is 0 Å². The quantitative estimate of drug-likeness (QED) is 0.665. The van der Waals surface area contributed by atoms with Gasteiger partial charge in [-0.15, -0.1) is 0 Å². The second kappa shape index (κ2) is 8.10. The molecule has 2 unspecified atom stereocenters. The second-order valence-electron chi connectivity index (χ2n) is 5.77. The highest BCUT2D eigenvalue weighted by molar-refractivity contribution is 7.89. The van der Waals surface area contributed by atoms with Gasteiger partial charge in [0, 0.05) is 30.1 Å². The van der Waals surface area contributed by atoms with Crippen molar-refractivity contribution in [2.75, 3.05) is 13.1 Å². The van der Waals surface area contributed by atoms with E-state index in [0.29, 0.717) is 11.4 Å². The Morgan fingerprint density at radius 1 is 1.30 bits per heavy atom. The van der Waals surface area contributed by atoms with Crippen LogP contribution < -0.4 is 15.8 Å². The van der Waals surface area contributed by atoms with Crippen molar-refractivity contribution in [2.24, 2.45) is 11.7 Å². The molecule has 1 aliphatic rings. The predicted molar refractivity (Wildman–Crippen MR) is 89.6 cm³/mol. The number of carbonyl (C=O) groups is 1. The number of hydrogen-bond acceptors (Lipinski definition) is 4. The van der Waals surface area contributed by atoms with Crippen molar-refractivity contribution >= 4 is 27.5 Å². The number of benzene rings is 1. The Morgan fingerprint density at radius 2 is 2.09 bits per heavy atom. The fourth-order valence-corrected chi connectivity index (χ4v) is 4.03. The Labute approximate surface area is 141 Å². The zero-order valence-electron chi connectivity index (χ0n) is 12.8. The normalized spacial score (nSPS) is 21.8. The van der Waals surface area contributed by atoms with Crippen molar-refractivity contribution in [3.8, 4) is 0 Å². The van der Waals surface area contributed by atoms with E-state index in [9.17, 15) is 13.2 Å². The number of nitrogens with two attached hydrogens (primary N) is 1. The lowest BCUT2D eigenvalue weighted by atomic mass is 9.85. The predicted octanol–water partition coefficient (Wildman–Crippen LogP) is 1.25. The van der Waals surface area contributed by atoms with Gasteiger partial charge in [0.05, 0.1) is 4.90 Å². The van der Waals surface area contributed by atoms with Crippen LogP contribution in [0, 0.1) is 5.92 Å². The summed E-state index contributed by atoms with van der Waals surface area (Å²) in [6.45, 7) is 0.365. The van der Waals surface area contributed by atoms with E-state index >= 15 is 0 Å². The molecule has 2 rings (SSSR count). The number of sulfonamides is 1. The first-order valence-electron chi connectivity index (χ1n) is 7.67. The van der Waals surface area contributed by atoms with Crippen molar-refractivity contribution in [3.63, 3.8) is 0 Å². The number of halogens is 1. The first-order chi connectivity index (χ1) is 10.9. The summed E-state index contributed by atoms with van der Waals surface area (Å²) in [5, 5.41) is 3.12. The number of amides is 1. The van der Waals surface area contributed by atoms with Gasteiger partial charge in [0.25, 0.3) is 0 Å². The van der Waals surface area contributed by atoms with Crippen molar-refractivity contribution < 1.29 is 13.2 Å². The Kier molecular flexibility index (Phi) is 6.41. The van der Waals surface area contributed by atoms with Crippen LogP contribution in [-0.2, 0) is 14.8 Å². The van der Waals surface area contributed by atoms with E-state index in [1.165, 1.54) is 12.1 Å². The van der Waals surface area contributed by atoms with Crippen molar-refractivity contribution in [3.05, 3.63) is 29.3 Å². The van der Waals surface area contributed by atoms with E-state index in [1.807, 2.05) is 0 Å². The van der Waals surface area contributed by atoms with Gasteiger partial charge in [0.15, 0.2) is 0 Å². The third-order valence-electron chi connectivity index (χ3n) is 3.91. The Hall–Kier alpha value is -1.15. The van der Waals surface area contributed by atoms with Gasteiger partial charge in [0.1, 0.15) is 0 Å². The first-order valence-corrected chi connectivity index (χ1v) is 9.53. The molecule has 0 spiro atoms. The average Bonchev–Trinajstić information content (AvgIpc) is 2.51. The molecule has 2 atom stereocenters. The first kappa shape index (κ1) is 18.2. The molecule has 1 aromatic carbocycles. The molecular formula is C15H22ClN3O3S. The van der Waals surface area contributed by atoms with Crippen LogP contribution in [-0.4, -0.2) is 33.5 Å². The van der Waals surface area contributed by atoms with E-state index in [4.69, 9.17) is 17.3 Å². The third-order valence-corrected chi connectivity index (χ3v) is 5.60.